The standard InChI is InChI=1S/C10H8N4/c11-10-9-7(5-12-14-9)6-3-1-2-4-8(6)13-10/h1,3-5H,2H2,(H2,11,13). The molecule has 2 N–H and O–H groups in total. The fourth-order valence-electron chi connectivity index (χ4n) is 1.72. The molecule has 0 aromatic carbocycles. The normalized spacial score (nSPS) is 15.7. The predicted octanol–water partition coefficient (Wildman–Crippen LogP) is -0.172. The van der Waals surface area contributed by atoms with Crippen molar-refractivity contribution in [2.45, 2.75) is 6.42 Å². The molecular weight excluding hydrogens is 176 g/mol. The van der Waals surface area contributed by atoms with Gasteiger partial charge in [-0.05, 0) is 6.42 Å². The van der Waals surface area contributed by atoms with E-state index in [1.165, 1.54) is 0 Å². The first kappa shape index (κ1) is 7.44. The van der Waals surface area contributed by atoms with Gasteiger partial charge in [-0.3, -0.25) is 0 Å². The average molecular weight is 184 g/mol. The Balaban J connectivity index is 2.53. The summed E-state index contributed by atoms with van der Waals surface area (Å²) in [4.78, 5) is 4.28. The Hall–Kier alpha value is -1.97. The minimum Gasteiger partial charge on any atom is -0.382 e. The maximum atomic E-state index is 5.77. The number of pyridine rings is 1. The molecule has 14 heavy (non-hydrogen) atoms. The number of nitrogens with zero attached hydrogens (tertiary/aromatic N) is 3. The first-order chi connectivity index (χ1) is 6.86. The van der Waals surface area contributed by atoms with Gasteiger partial charge in [0.2, 0.25) is 0 Å². The summed E-state index contributed by atoms with van der Waals surface area (Å²) in [6, 6.07) is 0. The van der Waals surface area contributed by atoms with Gasteiger partial charge < -0.3 is 5.73 Å². The van der Waals surface area contributed by atoms with E-state index < -0.39 is 0 Å². The molecule has 1 aliphatic carbocycles. The van der Waals surface area contributed by atoms with E-state index in [4.69, 9.17) is 5.73 Å². The molecule has 0 spiro atoms. The maximum Gasteiger partial charge on any atom is 0.152 e. The van der Waals surface area contributed by atoms with Crippen LogP contribution in [0.5, 0.6) is 0 Å². The van der Waals surface area contributed by atoms with Crippen molar-refractivity contribution in [3.63, 3.8) is 0 Å². The van der Waals surface area contributed by atoms with Crippen LogP contribution in [-0.4, -0.2) is 11.2 Å². The van der Waals surface area contributed by atoms with Crippen molar-refractivity contribution in [1.29, 1.82) is 0 Å². The molecule has 3 rings (SSSR count). The number of nitrogen functional groups attached to an aromatic ring is 1. The summed E-state index contributed by atoms with van der Waals surface area (Å²) < 4.78 is 0. The molecule has 0 amide bonds. The zero-order valence-electron chi connectivity index (χ0n) is 7.44. The molecule has 1 aromatic heterocycles. The number of hydrogen-bond acceptors (Lipinski definition) is 4. The topological polar surface area (TPSA) is 63.6 Å². The summed E-state index contributed by atoms with van der Waals surface area (Å²) in [5, 5.41) is 9.43. The molecule has 4 heteroatoms. The van der Waals surface area contributed by atoms with Crippen molar-refractivity contribution in [3.05, 3.63) is 27.9 Å². The summed E-state index contributed by atoms with van der Waals surface area (Å²) in [5.74, 6) is 0.461. The van der Waals surface area contributed by atoms with E-state index in [9.17, 15) is 0 Å². The molecule has 4 nitrogen and oxygen atoms in total. The highest BCUT2D eigenvalue weighted by molar-refractivity contribution is 5.87. The highest BCUT2D eigenvalue weighted by Crippen LogP contribution is 2.08. The Morgan fingerprint density at radius 3 is 3.14 bits per heavy atom. The van der Waals surface area contributed by atoms with E-state index >= 15 is 0 Å². The van der Waals surface area contributed by atoms with E-state index in [1.54, 1.807) is 6.21 Å². The minimum atomic E-state index is 0.461. The third-order valence-corrected chi connectivity index (χ3v) is 2.38. The van der Waals surface area contributed by atoms with E-state index in [1.807, 2.05) is 6.08 Å². The summed E-state index contributed by atoms with van der Waals surface area (Å²) in [6.07, 6.45) is 8.83. The lowest BCUT2D eigenvalue weighted by Gasteiger charge is -2.04. The van der Waals surface area contributed by atoms with Gasteiger partial charge in [-0.15, -0.1) is 5.10 Å². The second kappa shape index (κ2) is 2.51. The van der Waals surface area contributed by atoms with Crippen molar-refractivity contribution in [2.24, 2.45) is 10.2 Å². The lowest BCUT2D eigenvalue weighted by Crippen LogP contribution is -2.26. The maximum absolute atomic E-state index is 5.77. The molecule has 1 aromatic rings. The first-order valence-electron chi connectivity index (χ1n) is 4.43. The predicted molar refractivity (Wildman–Crippen MR) is 55.1 cm³/mol. The summed E-state index contributed by atoms with van der Waals surface area (Å²) in [5.41, 5.74) is 7.83. The van der Waals surface area contributed by atoms with Crippen LogP contribution in [0.2, 0.25) is 0 Å². The molecule has 0 unspecified atom stereocenters. The number of fused-ring (bicyclic) bond motifs is 3. The first-order valence-corrected chi connectivity index (χ1v) is 4.43. The van der Waals surface area contributed by atoms with Crippen LogP contribution >= 0.6 is 0 Å². The Kier molecular flexibility index (Phi) is 1.33. The molecule has 0 radical (unpaired) electrons. The van der Waals surface area contributed by atoms with E-state index in [-0.39, 0.29) is 0 Å². The third kappa shape index (κ3) is 0.849. The summed E-state index contributed by atoms with van der Waals surface area (Å²) >= 11 is 0. The lowest BCUT2D eigenvalue weighted by atomic mass is 10.0. The number of anilines is 1. The van der Waals surface area contributed by atoms with E-state index in [0.717, 1.165) is 22.9 Å². The van der Waals surface area contributed by atoms with Gasteiger partial charge in [0.1, 0.15) is 5.36 Å². The van der Waals surface area contributed by atoms with Gasteiger partial charge >= 0.3 is 0 Å². The van der Waals surface area contributed by atoms with Crippen LogP contribution in [0.1, 0.15) is 17.5 Å². The van der Waals surface area contributed by atoms with Crippen molar-refractivity contribution in [2.75, 3.05) is 5.73 Å². The van der Waals surface area contributed by atoms with Crippen molar-refractivity contribution >= 4 is 24.2 Å². The summed E-state index contributed by atoms with van der Waals surface area (Å²) in [6.45, 7) is 0. The SMILES string of the molecule is Nc1nc2c(c3c1=NN=C3)C=CCC=2. The Morgan fingerprint density at radius 2 is 2.21 bits per heavy atom. The Bertz CT molecular complexity index is 581. The fourth-order valence-corrected chi connectivity index (χ4v) is 1.72. The number of allylic oxidation sites excluding steroid dienone is 1. The molecule has 68 valence electrons. The number of hydrogen-bond donors (Lipinski definition) is 1. The number of nitrogens with two attached hydrogens (primary N) is 1. The minimum absolute atomic E-state index is 0.461. The molecule has 2 aliphatic rings. The van der Waals surface area contributed by atoms with Gasteiger partial charge in [0.05, 0.1) is 11.6 Å². The third-order valence-electron chi connectivity index (χ3n) is 2.38. The fraction of sp³-hybridized carbons (Fsp3) is 0.100. The van der Waals surface area contributed by atoms with Crippen LogP contribution in [-0.2, 0) is 0 Å². The van der Waals surface area contributed by atoms with Crippen LogP contribution in [0, 0.1) is 0 Å². The van der Waals surface area contributed by atoms with Gasteiger partial charge in [-0.25, -0.2) is 4.98 Å². The zero-order chi connectivity index (χ0) is 9.54. The molecule has 0 atom stereocenters. The van der Waals surface area contributed by atoms with Crippen LogP contribution in [0.3, 0.4) is 0 Å². The van der Waals surface area contributed by atoms with Crippen molar-refractivity contribution < 1.29 is 0 Å². The Labute approximate surface area is 80.2 Å². The highest BCUT2D eigenvalue weighted by Gasteiger charge is 2.12. The zero-order valence-corrected chi connectivity index (χ0v) is 7.44. The van der Waals surface area contributed by atoms with Crippen LogP contribution < -0.4 is 16.4 Å². The van der Waals surface area contributed by atoms with E-state index in [0.29, 0.717) is 11.2 Å². The molecule has 0 saturated heterocycles. The van der Waals surface area contributed by atoms with E-state index in [2.05, 4.69) is 27.3 Å². The second-order valence-electron chi connectivity index (χ2n) is 3.25. The lowest BCUT2D eigenvalue weighted by molar-refractivity contribution is 1.13. The van der Waals surface area contributed by atoms with Gasteiger partial charge in [0.15, 0.2) is 5.82 Å². The van der Waals surface area contributed by atoms with Crippen molar-refractivity contribution in [1.82, 2.24) is 4.98 Å². The molecular formula is C10H8N4. The van der Waals surface area contributed by atoms with Gasteiger partial charge in [0.25, 0.3) is 0 Å². The second-order valence-corrected chi connectivity index (χ2v) is 3.25. The highest BCUT2D eigenvalue weighted by atomic mass is 15.2. The van der Waals surface area contributed by atoms with Crippen LogP contribution in [0.25, 0.3) is 12.2 Å². The quantitative estimate of drug-likeness (QED) is 0.608. The molecule has 0 bridgehead atoms. The van der Waals surface area contributed by atoms with Gasteiger partial charge in [-0.2, -0.15) is 5.10 Å². The molecule has 1 aliphatic heterocycles. The Morgan fingerprint density at radius 1 is 1.29 bits per heavy atom. The average Bonchev–Trinajstić information content (AvgIpc) is 2.67. The van der Waals surface area contributed by atoms with Crippen LogP contribution in [0.15, 0.2) is 16.3 Å². The summed E-state index contributed by atoms with van der Waals surface area (Å²) in [7, 11) is 0. The molecule has 0 fully saturated rings. The monoisotopic (exact) mass is 184 g/mol. The molecule has 0 saturated carbocycles. The van der Waals surface area contributed by atoms with Crippen molar-refractivity contribution in [3.8, 4) is 0 Å². The van der Waals surface area contributed by atoms with Gasteiger partial charge in [0, 0.05) is 11.1 Å². The number of aromatic nitrogens is 1. The van der Waals surface area contributed by atoms with Gasteiger partial charge in [-0.1, -0.05) is 18.2 Å². The smallest absolute Gasteiger partial charge is 0.152 e. The van der Waals surface area contributed by atoms with Crippen LogP contribution in [0.4, 0.5) is 5.82 Å². The number of rotatable bonds is 0. The largest absolute Gasteiger partial charge is 0.382 e. The molecule has 2 heterocycles.